The van der Waals surface area contributed by atoms with E-state index in [0.29, 0.717) is 0 Å². The van der Waals surface area contributed by atoms with Crippen molar-refractivity contribution in [2.24, 2.45) is 0 Å². The van der Waals surface area contributed by atoms with Crippen molar-refractivity contribution in [3.8, 4) is 0 Å². The third kappa shape index (κ3) is 4.73. The molecule has 1 rings (SSSR count). The lowest BCUT2D eigenvalue weighted by Gasteiger charge is -2.02. The van der Waals surface area contributed by atoms with E-state index in [2.05, 4.69) is 0 Å². The minimum absolute atomic E-state index is 0.0750. The summed E-state index contributed by atoms with van der Waals surface area (Å²) in [7, 11) is 0. The highest BCUT2D eigenvalue weighted by Crippen LogP contribution is 2.21. The van der Waals surface area contributed by atoms with Crippen molar-refractivity contribution in [3.63, 3.8) is 0 Å². The molecule has 0 bridgehead atoms. The SMILES string of the molecule is C/C(=C/Cl)CSc1ccc(CC(=O)O)cc1. The fraction of sp³-hybridized carbons (Fsp3) is 0.250. The molecule has 0 aliphatic carbocycles. The number of halogens is 1. The molecule has 86 valence electrons. The molecule has 0 aromatic heterocycles. The van der Waals surface area contributed by atoms with Crippen LogP contribution in [-0.2, 0) is 11.2 Å². The number of carboxylic acids is 1. The average molecular weight is 257 g/mol. The van der Waals surface area contributed by atoms with Crippen molar-refractivity contribution in [2.75, 3.05) is 5.75 Å². The summed E-state index contributed by atoms with van der Waals surface area (Å²) in [4.78, 5) is 11.6. The van der Waals surface area contributed by atoms with Crippen LogP contribution in [0.3, 0.4) is 0 Å². The summed E-state index contributed by atoms with van der Waals surface area (Å²) in [6.45, 7) is 1.97. The van der Waals surface area contributed by atoms with Gasteiger partial charge in [0.15, 0.2) is 0 Å². The molecule has 0 atom stereocenters. The third-order valence-electron chi connectivity index (χ3n) is 1.93. The van der Waals surface area contributed by atoms with Gasteiger partial charge in [-0.1, -0.05) is 29.3 Å². The van der Waals surface area contributed by atoms with Crippen molar-refractivity contribution in [1.29, 1.82) is 0 Å². The first-order chi connectivity index (χ1) is 7.61. The Morgan fingerprint density at radius 3 is 2.56 bits per heavy atom. The van der Waals surface area contributed by atoms with Gasteiger partial charge in [-0.3, -0.25) is 4.79 Å². The van der Waals surface area contributed by atoms with Crippen LogP contribution >= 0.6 is 23.4 Å². The van der Waals surface area contributed by atoms with Crippen LogP contribution in [0.1, 0.15) is 12.5 Å². The first kappa shape index (κ1) is 13.1. The van der Waals surface area contributed by atoms with Crippen LogP contribution in [0.15, 0.2) is 40.3 Å². The summed E-state index contributed by atoms with van der Waals surface area (Å²) in [5.41, 5.74) is 3.51. The second-order valence-electron chi connectivity index (χ2n) is 3.46. The topological polar surface area (TPSA) is 37.3 Å². The normalized spacial score (nSPS) is 11.5. The molecule has 0 saturated heterocycles. The van der Waals surface area contributed by atoms with Gasteiger partial charge >= 0.3 is 5.97 Å². The molecule has 0 aliphatic rings. The summed E-state index contributed by atoms with van der Waals surface area (Å²) in [5, 5.41) is 8.62. The Bertz CT molecular complexity index is 385. The third-order valence-corrected chi connectivity index (χ3v) is 3.51. The Kier molecular flexibility index (Phi) is 5.43. The van der Waals surface area contributed by atoms with Crippen LogP contribution in [0.5, 0.6) is 0 Å². The highest BCUT2D eigenvalue weighted by molar-refractivity contribution is 7.99. The second-order valence-corrected chi connectivity index (χ2v) is 4.73. The summed E-state index contributed by atoms with van der Waals surface area (Å²) < 4.78 is 0. The van der Waals surface area contributed by atoms with Crippen LogP contribution in [0.25, 0.3) is 0 Å². The Morgan fingerprint density at radius 1 is 1.44 bits per heavy atom. The van der Waals surface area contributed by atoms with Crippen LogP contribution in [0.4, 0.5) is 0 Å². The number of thioether (sulfide) groups is 1. The zero-order valence-corrected chi connectivity index (χ0v) is 10.5. The van der Waals surface area contributed by atoms with Gasteiger partial charge in [0.05, 0.1) is 6.42 Å². The van der Waals surface area contributed by atoms with Crippen molar-refractivity contribution >= 4 is 29.3 Å². The maximum absolute atomic E-state index is 10.5. The quantitative estimate of drug-likeness (QED) is 0.819. The van der Waals surface area contributed by atoms with E-state index in [0.717, 1.165) is 21.8 Å². The monoisotopic (exact) mass is 256 g/mol. The molecule has 0 amide bonds. The summed E-state index contributed by atoms with van der Waals surface area (Å²) in [6, 6.07) is 7.56. The van der Waals surface area contributed by atoms with Crippen LogP contribution < -0.4 is 0 Å². The van der Waals surface area contributed by atoms with Crippen molar-refractivity contribution in [2.45, 2.75) is 18.2 Å². The van der Waals surface area contributed by atoms with E-state index in [1.54, 1.807) is 17.3 Å². The van der Waals surface area contributed by atoms with Crippen LogP contribution in [0, 0.1) is 0 Å². The van der Waals surface area contributed by atoms with E-state index >= 15 is 0 Å². The number of aliphatic carboxylic acids is 1. The molecule has 0 aliphatic heterocycles. The van der Waals surface area contributed by atoms with Crippen LogP contribution in [-0.4, -0.2) is 16.8 Å². The molecule has 0 unspecified atom stereocenters. The highest BCUT2D eigenvalue weighted by Gasteiger charge is 2.00. The van der Waals surface area contributed by atoms with Crippen molar-refractivity contribution in [1.82, 2.24) is 0 Å². The highest BCUT2D eigenvalue weighted by atomic mass is 35.5. The number of hydrogen-bond acceptors (Lipinski definition) is 2. The summed E-state index contributed by atoms with van der Waals surface area (Å²) in [5.74, 6) is 0.0447. The molecule has 0 radical (unpaired) electrons. The van der Waals surface area contributed by atoms with E-state index < -0.39 is 5.97 Å². The number of benzene rings is 1. The van der Waals surface area contributed by atoms with Gasteiger partial charge < -0.3 is 5.11 Å². The van der Waals surface area contributed by atoms with Gasteiger partial charge in [-0.25, -0.2) is 0 Å². The molecule has 0 fully saturated rings. The number of rotatable bonds is 5. The molecule has 0 heterocycles. The molecule has 1 aromatic rings. The molecule has 1 aromatic carbocycles. The number of hydrogen-bond donors (Lipinski definition) is 1. The lowest BCUT2D eigenvalue weighted by atomic mass is 10.2. The second kappa shape index (κ2) is 6.61. The van der Waals surface area contributed by atoms with Crippen molar-refractivity contribution in [3.05, 3.63) is 40.9 Å². The zero-order valence-electron chi connectivity index (χ0n) is 8.94. The smallest absolute Gasteiger partial charge is 0.307 e. The van der Waals surface area contributed by atoms with Gasteiger partial charge in [0.25, 0.3) is 0 Å². The lowest BCUT2D eigenvalue weighted by Crippen LogP contribution is -1.99. The van der Waals surface area contributed by atoms with E-state index in [-0.39, 0.29) is 6.42 Å². The summed E-state index contributed by atoms with van der Waals surface area (Å²) in [6.07, 6.45) is 0.0750. The maximum Gasteiger partial charge on any atom is 0.307 e. The molecule has 16 heavy (non-hydrogen) atoms. The Hall–Kier alpha value is -0.930. The molecule has 1 N–H and O–H groups in total. The molecule has 4 heteroatoms. The number of carbonyl (C=O) groups is 1. The Labute approximate surface area is 104 Å². The minimum Gasteiger partial charge on any atom is -0.481 e. The molecule has 0 saturated carbocycles. The predicted octanol–water partition coefficient (Wildman–Crippen LogP) is 3.55. The average Bonchev–Trinajstić information content (AvgIpc) is 2.27. The Morgan fingerprint density at radius 2 is 2.06 bits per heavy atom. The fourth-order valence-corrected chi connectivity index (χ4v) is 2.08. The van der Waals surface area contributed by atoms with Gasteiger partial charge in [-0.05, 0) is 24.6 Å². The van der Waals surface area contributed by atoms with Gasteiger partial charge in [0, 0.05) is 16.2 Å². The fourth-order valence-electron chi connectivity index (χ4n) is 1.11. The first-order valence-corrected chi connectivity index (χ1v) is 6.23. The first-order valence-electron chi connectivity index (χ1n) is 4.81. The lowest BCUT2D eigenvalue weighted by molar-refractivity contribution is -0.136. The molecular weight excluding hydrogens is 244 g/mol. The largest absolute Gasteiger partial charge is 0.481 e. The standard InChI is InChI=1S/C12H13ClO2S/c1-9(7-13)8-16-11-4-2-10(3-5-11)6-12(14)15/h2-5,7H,6,8H2,1H3,(H,14,15)/b9-7-. The van der Waals surface area contributed by atoms with Gasteiger partial charge in [0.1, 0.15) is 0 Å². The van der Waals surface area contributed by atoms with Gasteiger partial charge in [-0.15, -0.1) is 11.8 Å². The minimum atomic E-state index is -0.804. The molecule has 0 spiro atoms. The van der Waals surface area contributed by atoms with E-state index in [9.17, 15) is 4.79 Å². The molecular formula is C12H13ClO2S. The zero-order chi connectivity index (χ0) is 12.0. The van der Waals surface area contributed by atoms with Crippen LogP contribution in [0.2, 0.25) is 0 Å². The Balaban J connectivity index is 2.54. The predicted molar refractivity (Wildman–Crippen MR) is 68.1 cm³/mol. The summed E-state index contributed by atoms with van der Waals surface area (Å²) >= 11 is 7.24. The van der Waals surface area contributed by atoms with E-state index in [4.69, 9.17) is 16.7 Å². The van der Waals surface area contributed by atoms with E-state index in [1.807, 2.05) is 31.2 Å². The molecule has 2 nitrogen and oxygen atoms in total. The maximum atomic E-state index is 10.5. The van der Waals surface area contributed by atoms with Gasteiger partial charge in [-0.2, -0.15) is 0 Å². The van der Waals surface area contributed by atoms with Gasteiger partial charge in [0.2, 0.25) is 0 Å². The van der Waals surface area contributed by atoms with Crippen molar-refractivity contribution < 1.29 is 9.90 Å². The number of carboxylic acid groups (broad SMARTS) is 1. The van der Waals surface area contributed by atoms with E-state index in [1.165, 1.54) is 0 Å².